The highest BCUT2D eigenvalue weighted by molar-refractivity contribution is 5.83. The molecule has 15 heavy (non-hydrogen) atoms. The summed E-state index contributed by atoms with van der Waals surface area (Å²) in [6.07, 6.45) is 0.884. The minimum absolute atomic E-state index is 0.144. The standard InChI is InChI=1S/C9H14N2O.CO2/c1-8(2,3)9(11-4)5-6(9)7(10)12;2-1-3/h6H,5H2,1-3H3,(H2,10,12);/t6-,9-;/m0./s1. The highest BCUT2D eigenvalue weighted by atomic mass is 16.2. The molecule has 1 aliphatic rings. The molecule has 5 nitrogen and oxygen atoms in total. The number of hydrogen-bond acceptors (Lipinski definition) is 3. The molecule has 5 heteroatoms. The van der Waals surface area contributed by atoms with Crippen molar-refractivity contribution in [2.75, 3.05) is 0 Å². The van der Waals surface area contributed by atoms with Gasteiger partial charge in [0.25, 0.3) is 0 Å². The van der Waals surface area contributed by atoms with Crippen LogP contribution in [0.2, 0.25) is 0 Å². The molecule has 82 valence electrons. The molecule has 1 rings (SSSR count). The number of carbonyl (C=O) groups excluding carboxylic acids is 3. The average molecular weight is 210 g/mol. The van der Waals surface area contributed by atoms with E-state index in [0.29, 0.717) is 6.42 Å². The summed E-state index contributed by atoms with van der Waals surface area (Å²) in [5.74, 6) is -0.559. The van der Waals surface area contributed by atoms with Crippen LogP contribution in [0, 0.1) is 17.9 Å². The monoisotopic (exact) mass is 210 g/mol. The van der Waals surface area contributed by atoms with Crippen molar-refractivity contribution >= 4 is 12.1 Å². The fourth-order valence-electron chi connectivity index (χ4n) is 1.71. The molecule has 1 fully saturated rings. The lowest BCUT2D eigenvalue weighted by atomic mass is 9.83. The summed E-state index contributed by atoms with van der Waals surface area (Å²) < 4.78 is 0. The predicted molar refractivity (Wildman–Crippen MR) is 51.1 cm³/mol. The van der Waals surface area contributed by atoms with Crippen LogP contribution in [-0.2, 0) is 14.4 Å². The highest BCUT2D eigenvalue weighted by Gasteiger charge is 2.71. The summed E-state index contributed by atoms with van der Waals surface area (Å²) in [7, 11) is 0. The molecular formula is C10H14N2O3. The van der Waals surface area contributed by atoms with E-state index in [-0.39, 0.29) is 23.4 Å². The molecule has 0 radical (unpaired) electrons. The van der Waals surface area contributed by atoms with Gasteiger partial charge in [-0.05, 0) is 0 Å². The summed E-state index contributed by atoms with van der Waals surface area (Å²) in [6, 6.07) is 0. The number of carbonyl (C=O) groups is 1. The molecule has 0 bridgehead atoms. The molecule has 2 atom stereocenters. The summed E-state index contributed by atoms with van der Waals surface area (Å²) in [4.78, 5) is 30.7. The van der Waals surface area contributed by atoms with Crippen molar-refractivity contribution in [3.63, 3.8) is 0 Å². The maximum atomic E-state index is 10.9. The van der Waals surface area contributed by atoms with Crippen molar-refractivity contribution in [2.24, 2.45) is 17.1 Å². The van der Waals surface area contributed by atoms with E-state index in [2.05, 4.69) is 4.85 Å². The Balaban J connectivity index is 0.000000583. The molecule has 0 heterocycles. The summed E-state index contributed by atoms with van der Waals surface area (Å²) in [5.41, 5.74) is 4.50. The van der Waals surface area contributed by atoms with Crippen LogP contribution < -0.4 is 5.73 Å². The Kier molecular flexibility index (Phi) is 3.77. The van der Waals surface area contributed by atoms with Crippen LogP contribution in [0.25, 0.3) is 4.85 Å². The van der Waals surface area contributed by atoms with Crippen molar-refractivity contribution < 1.29 is 14.4 Å². The van der Waals surface area contributed by atoms with Gasteiger partial charge in [0.15, 0.2) is 0 Å². The first-order chi connectivity index (χ1) is 6.76. The third-order valence-corrected chi connectivity index (χ3v) is 2.77. The zero-order valence-electron chi connectivity index (χ0n) is 9.03. The van der Waals surface area contributed by atoms with Gasteiger partial charge in [-0.25, -0.2) is 6.57 Å². The second-order valence-corrected chi connectivity index (χ2v) is 4.53. The number of amides is 1. The molecule has 0 saturated heterocycles. The molecular weight excluding hydrogens is 196 g/mol. The molecule has 0 spiro atoms. The number of hydrogen-bond donors (Lipinski definition) is 1. The lowest BCUT2D eigenvalue weighted by molar-refractivity contribution is -0.191. The molecule has 0 aliphatic heterocycles. The fraction of sp³-hybridized carbons (Fsp3) is 0.700. The van der Waals surface area contributed by atoms with E-state index >= 15 is 0 Å². The molecule has 1 saturated carbocycles. The Morgan fingerprint density at radius 2 is 1.93 bits per heavy atom. The Morgan fingerprint density at radius 1 is 1.53 bits per heavy atom. The van der Waals surface area contributed by atoms with Crippen LogP contribution in [0.4, 0.5) is 0 Å². The lowest BCUT2D eigenvalue weighted by Gasteiger charge is -2.20. The maximum Gasteiger partial charge on any atom is 0.373 e. The van der Waals surface area contributed by atoms with Gasteiger partial charge in [-0.3, -0.25) is 4.79 Å². The van der Waals surface area contributed by atoms with Crippen molar-refractivity contribution in [1.82, 2.24) is 0 Å². The van der Waals surface area contributed by atoms with E-state index in [1.165, 1.54) is 0 Å². The van der Waals surface area contributed by atoms with Crippen LogP contribution >= 0.6 is 0 Å². The molecule has 2 N–H and O–H groups in total. The summed E-state index contributed by atoms with van der Waals surface area (Å²) in [6.45, 7) is 13.0. The van der Waals surface area contributed by atoms with Gasteiger partial charge in [0, 0.05) is 11.8 Å². The quantitative estimate of drug-likeness (QED) is 0.644. The van der Waals surface area contributed by atoms with Crippen LogP contribution in [0.5, 0.6) is 0 Å². The van der Waals surface area contributed by atoms with Crippen LogP contribution in [-0.4, -0.2) is 17.6 Å². The molecule has 0 aromatic carbocycles. The molecule has 0 unspecified atom stereocenters. The van der Waals surface area contributed by atoms with Crippen molar-refractivity contribution in [1.29, 1.82) is 0 Å². The SMILES string of the molecule is O=C=O.[C-]#[N+][C@@]1(C(C)(C)C)C[C@H]1C(N)=O. The van der Waals surface area contributed by atoms with E-state index in [1.807, 2.05) is 20.8 Å². The van der Waals surface area contributed by atoms with Crippen molar-refractivity contribution in [2.45, 2.75) is 32.7 Å². The van der Waals surface area contributed by atoms with Gasteiger partial charge in [-0.2, -0.15) is 9.59 Å². The maximum absolute atomic E-state index is 10.9. The van der Waals surface area contributed by atoms with Crippen molar-refractivity contribution in [3.05, 3.63) is 11.4 Å². The minimum Gasteiger partial charge on any atom is -0.369 e. The first-order valence-corrected chi connectivity index (χ1v) is 4.44. The Bertz CT molecular complexity index is 332. The van der Waals surface area contributed by atoms with E-state index in [0.717, 1.165) is 0 Å². The van der Waals surface area contributed by atoms with Crippen molar-refractivity contribution in [3.8, 4) is 0 Å². The topological polar surface area (TPSA) is 81.6 Å². The second-order valence-electron chi connectivity index (χ2n) is 4.53. The first kappa shape index (κ1) is 13.3. The van der Waals surface area contributed by atoms with Crippen LogP contribution in [0.1, 0.15) is 27.2 Å². The fourth-order valence-corrected chi connectivity index (χ4v) is 1.71. The molecule has 1 amide bonds. The third-order valence-electron chi connectivity index (χ3n) is 2.77. The van der Waals surface area contributed by atoms with Crippen LogP contribution in [0.15, 0.2) is 0 Å². The van der Waals surface area contributed by atoms with Gasteiger partial charge in [-0.1, -0.05) is 20.8 Å². The Hall–Kier alpha value is -1.66. The Morgan fingerprint density at radius 3 is 2.00 bits per heavy atom. The van der Waals surface area contributed by atoms with E-state index in [4.69, 9.17) is 21.9 Å². The zero-order chi connectivity index (χ0) is 12.3. The van der Waals surface area contributed by atoms with Gasteiger partial charge in [0.05, 0.1) is 0 Å². The summed E-state index contributed by atoms with van der Waals surface area (Å²) >= 11 is 0. The number of nitrogens with zero attached hydrogens (tertiary/aromatic N) is 1. The average Bonchev–Trinajstić information content (AvgIpc) is 2.79. The number of primary amides is 1. The summed E-state index contributed by atoms with van der Waals surface area (Å²) in [5, 5.41) is 0. The molecule has 0 aromatic heterocycles. The van der Waals surface area contributed by atoms with E-state index in [1.54, 1.807) is 0 Å². The van der Waals surface area contributed by atoms with Gasteiger partial charge >= 0.3 is 6.15 Å². The second kappa shape index (κ2) is 4.24. The third kappa shape index (κ3) is 2.42. The van der Waals surface area contributed by atoms with Gasteiger partial charge < -0.3 is 10.6 Å². The Labute approximate surface area is 88.5 Å². The first-order valence-electron chi connectivity index (χ1n) is 4.44. The van der Waals surface area contributed by atoms with Gasteiger partial charge in [0.1, 0.15) is 5.92 Å². The van der Waals surface area contributed by atoms with Gasteiger partial charge in [-0.15, -0.1) is 0 Å². The predicted octanol–water partition coefficient (Wildman–Crippen LogP) is 0.612. The van der Waals surface area contributed by atoms with Gasteiger partial charge in [0.2, 0.25) is 11.4 Å². The highest BCUT2D eigenvalue weighted by Crippen LogP contribution is 2.57. The zero-order valence-corrected chi connectivity index (χ0v) is 9.03. The lowest BCUT2D eigenvalue weighted by Crippen LogP contribution is -2.31. The van der Waals surface area contributed by atoms with E-state index < -0.39 is 5.54 Å². The van der Waals surface area contributed by atoms with Crippen LogP contribution in [0.3, 0.4) is 0 Å². The number of nitrogens with two attached hydrogens (primary N) is 1. The molecule has 0 aromatic rings. The smallest absolute Gasteiger partial charge is 0.369 e. The van der Waals surface area contributed by atoms with E-state index in [9.17, 15) is 4.79 Å². The molecule has 1 aliphatic carbocycles. The normalized spacial score (nSPS) is 27.7. The largest absolute Gasteiger partial charge is 0.373 e. The minimum atomic E-state index is -0.515. The number of rotatable bonds is 1.